The summed E-state index contributed by atoms with van der Waals surface area (Å²) < 4.78 is 0. The Kier molecular flexibility index (Phi) is 7.92. The highest BCUT2D eigenvalue weighted by molar-refractivity contribution is 5.74. The smallest absolute Gasteiger partial charge is 0.315 e. The van der Waals surface area contributed by atoms with Gasteiger partial charge in [0.15, 0.2) is 0 Å². The molecular weight excluding hydrogens is 254 g/mol. The zero-order chi connectivity index (χ0) is 15.0. The minimum atomic E-state index is -0.346. The molecule has 1 fully saturated rings. The summed E-state index contributed by atoms with van der Waals surface area (Å²) >= 11 is 0. The van der Waals surface area contributed by atoms with E-state index in [1.807, 2.05) is 20.8 Å². The molecule has 1 aliphatic heterocycles. The maximum atomic E-state index is 11.7. The molecule has 1 rings (SSSR count). The fourth-order valence-electron chi connectivity index (χ4n) is 2.52. The average Bonchev–Trinajstić information content (AvgIpc) is 2.39. The van der Waals surface area contributed by atoms with Crippen LogP contribution in [0.1, 0.15) is 46.5 Å². The van der Waals surface area contributed by atoms with Gasteiger partial charge in [-0.15, -0.1) is 0 Å². The van der Waals surface area contributed by atoms with Gasteiger partial charge in [-0.1, -0.05) is 20.3 Å². The van der Waals surface area contributed by atoms with Gasteiger partial charge in [-0.3, -0.25) is 0 Å². The van der Waals surface area contributed by atoms with Gasteiger partial charge in [0.1, 0.15) is 0 Å². The number of hydrogen-bond donors (Lipinski definition) is 3. The number of likely N-dealkylation sites (tertiary alicyclic amines) is 1. The first-order valence-corrected chi connectivity index (χ1v) is 7.94. The molecule has 2 unspecified atom stereocenters. The second-order valence-corrected chi connectivity index (χ2v) is 6.26. The van der Waals surface area contributed by atoms with E-state index in [9.17, 15) is 9.90 Å². The summed E-state index contributed by atoms with van der Waals surface area (Å²) in [4.78, 5) is 14.1. The Hall–Kier alpha value is -0.810. The minimum Gasteiger partial charge on any atom is -0.393 e. The third-order valence-electron chi connectivity index (χ3n) is 3.85. The van der Waals surface area contributed by atoms with Gasteiger partial charge in [-0.05, 0) is 45.2 Å². The monoisotopic (exact) mass is 285 g/mol. The predicted octanol–water partition coefficient (Wildman–Crippen LogP) is 1.57. The SMILES string of the molecule is CC(CN1CCCCC1)NC(=O)NCCC(O)C(C)C. The first-order valence-electron chi connectivity index (χ1n) is 7.94. The number of nitrogens with zero attached hydrogens (tertiary/aromatic N) is 1. The molecule has 1 heterocycles. The van der Waals surface area contributed by atoms with Gasteiger partial charge in [0.25, 0.3) is 0 Å². The number of carbonyl (C=O) groups excluding carboxylic acids is 1. The van der Waals surface area contributed by atoms with Crippen molar-refractivity contribution in [2.75, 3.05) is 26.2 Å². The fourth-order valence-corrected chi connectivity index (χ4v) is 2.52. The molecule has 2 amide bonds. The fraction of sp³-hybridized carbons (Fsp3) is 0.933. The van der Waals surface area contributed by atoms with E-state index in [1.54, 1.807) is 0 Å². The topological polar surface area (TPSA) is 64.6 Å². The summed E-state index contributed by atoms with van der Waals surface area (Å²) in [6, 6.07) is 0.0218. The molecule has 0 spiro atoms. The van der Waals surface area contributed by atoms with E-state index in [0.29, 0.717) is 13.0 Å². The molecule has 0 saturated carbocycles. The van der Waals surface area contributed by atoms with Gasteiger partial charge in [-0.2, -0.15) is 0 Å². The van der Waals surface area contributed by atoms with E-state index in [1.165, 1.54) is 19.3 Å². The molecule has 118 valence electrons. The van der Waals surface area contributed by atoms with E-state index in [2.05, 4.69) is 15.5 Å². The lowest BCUT2D eigenvalue weighted by molar-refractivity contribution is 0.116. The van der Waals surface area contributed by atoms with Crippen LogP contribution in [-0.4, -0.2) is 54.4 Å². The molecular formula is C15H31N3O2. The summed E-state index contributed by atoms with van der Waals surface area (Å²) in [6.07, 6.45) is 4.13. The Morgan fingerprint density at radius 1 is 1.20 bits per heavy atom. The van der Waals surface area contributed by atoms with Gasteiger partial charge in [0, 0.05) is 19.1 Å². The first-order chi connectivity index (χ1) is 9.49. The number of nitrogens with one attached hydrogen (secondary N) is 2. The van der Waals surface area contributed by atoms with E-state index >= 15 is 0 Å². The van der Waals surface area contributed by atoms with Gasteiger partial charge < -0.3 is 20.6 Å². The Morgan fingerprint density at radius 2 is 1.85 bits per heavy atom. The molecule has 0 aromatic carbocycles. The number of carbonyl (C=O) groups is 1. The van der Waals surface area contributed by atoms with Crippen molar-refractivity contribution in [3.63, 3.8) is 0 Å². The molecule has 5 heteroatoms. The van der Waals surface area contributed by atoms with Crippen molar-refractivity contribution < 1.29 is 9.90 Å². The lowest BCUT2D eigenvalue weighted by atomic mass is 10.0. The second-order valence-electron chi connectivity index (χ2n) is 6.26. The third kappa shape index (κ3) is 7.10. The highest BCUT2D eigenvalue weighted by Gasteiger charge is 2.15. The molecule has 0 aromatic heterocycles. The molecule has 2 atom stereocenters. The Bertz CT molecular complexity index is 278. The maximum absolute atomic E-state index is 11.7. The Balaban J connectivity index is 2.11. The van der Waals surface area contributed by atoms with Crippen LogP contribution >= 0.6 is 0 Å². The maximum Gasteiger partial charge on any atom is 0.315 e. The quantitative estimate of drug-likeness (QED) is 0.665. The number of aliphatic hydroxyl groups excluding tert-OH is 1. The highest BCUT2D eigenvalue weighted by Crippen LogP contribution is 2.08. The number of rotatable bonds is 7. The number of urea groups is 1. The van der Waals surface area contributed by atoms with Crippen molar-refractivity contribution in [2.45, 2.75) is 58.6 Å². The molecule has 0 aromatic rings. The standard InChI is InChI=1S/C15H31N3O2/c1-12(2)14(19)7-8-16-15(20)17-13(3)11-18-9-5-4-6-10-18/h12-14,19H,4-11H2,1-3H3,(H2,16,17,20). The number of aliphatic hydroxyl groups is 1. The van der Waals surface area contributed by atoms with Crippen molar-refractivity contribution >= 4 is 6.03 Å². The van der Waals surface area contributed by atoms with Crippen LogP contribution in [0, 0.1) is 5.92 Å². The third-order valence-corrected chi connectivity index (χ3v) is 3.85. The summed E-state index contributed by atoms with van der Waals surface area (Å²) in [5, 5.41) is 15.4. The predicted molar refractivity (Wildman–Crippen MR) is 81.7 cm³/mol. The van der Waals surface area contributed by atoms with Gasteiger partial charge in [0.05, 0.1) is 6.10 Å². The Labute approximate surface area is 123 Å². The van der Waals surface area contributed by atoms with Gasteiger partial charge in [-0.25, -0.2) is 4.79 Å². The molecule has 5 nitrogen and oxygen atoms in total. The van der Waals surface area contributed by atoms with Crippen LogP contribution in [-0.2, 0) is 0 Å². The lowest BCUT2D eigenvalue weighted by Gasteiger charge is -2.29. The molecule has 1 aliphatic rings. The number of hydrogen-bond acceptors (Lipinski definition) is 3. The van der Waals surface area contributed by atoms with Crippen LogP contribution < -0.4 is 10.6 Å². The van der Waals surface area contributed by atoms with Crippen LogP contribution in [0.15, 0.2) is 0 Å². The van der Waals surface area contributed by atoms with Crippen LogP contribution in [0.5, 0.6) is 0 Å². The van der Waals surface area contributed by atoms with Crippen LogP contribution in [0.2, 0.25) is 0 Å². The van der Waals surface area contributed by atoms with Crippen LogP contribution in [0.25, 0.3) is 0 Å². The van der Waals surface area contributed by atoms with Crippen molar-refractivity contribution in [3.05, 3.63) is 0 Å². The second kappa shape index (κ2) is 9.19. The molecule has 0 radical (unpaired) electrons. The summed E-state index contributed by atoms with van der Waals surface area (Å²) in [5.74, 6) is 0.234. The first kappa shape index (κ1) is 17.2. The van der Waals surface area contributed by atoms with E-state index in [4.69, 9.17) is 0 Å². The van der Waals surface area contributed by atoms with Crippen LogP contribution in [0.3, 0.4) is 0 Å². The molecule has 0 bridgehead atoms. The zero-order valence-corrected chi connectivity index (χ0v) is 13.2. The summed E-state index contributed by atoms with van der Waals surface area (Å²) in [7, 11) is 0. The summed E-state index contributed by atoms with van der Waals surface area (Å²) in [5.41, 5.74) is 0. The number of piperidine rings is 1. The normalized spacial score (nSPS) is 19.6. The Morgan fingerprint density at radius 3 is 2.45 bits per heavy atom. The van der Waals surface area contributed by atoms with Gasteiger partial charge in [0.2, 0.25) is 0 Å². The molecule has 1 saturated heterocycles. The zero-order valence-electron chi connectivity index (χ0n) is 13.2. The van der Waals surface area contributed by atoms with E-state index in [-0.39, 0.29) is 24.1 Å². The van der Waals surface area contributed by atoms with E-state index < -0.39 is 0 Å². The van der Waals surface area contributed by atoms with Crippen molar-refractivity contribution in [3.8, 4) is 0 Å². The molecule has 0 aliphatic carbocycles. The molecule has 20 heavy (non-hydrogen) atoms. The highest BCUT2D eigenvalue weighted by atomic mass is 16.3. The average molecular weight is 285 g/mol. The van der Waals surface area contributed by atoms with Crippen molar-refractivity contribution in [2.24, 2.45) is 5.92 Å². The minimum absolute atomic E-state index is 0.134. The van der Waals surface area contributed by atoms with Crippen molar-refractivity contribution in [1.29, 1.82) is 0 Å². The van der Waals surface area contributed by atoms with Crippen molar-refractivity contribution in [1.82, 2.24) is 15.5 Å². The van der Waals surface area contributed by atoms with E-state index in [0.717, 1.165) is 19.6 Å². The number of amides is 2. The van der Waals surface area contributed by atoms with Crippen LogP contribution in [0.4, 0.5) is 4.79 Å². The lowest BCUT2D eigenvalue weighted by Crippen LogP contribution is -2.47. The van der Waals surface area contributed by atoms with Gasteiger partial charge >= 0.3 is 6.03 Å². The summed E-state index contributed by atoms with van der Waals surface area (Å²) in [6.45, 7) is 9.72. The molecule has 3 N–H and O–H groups in total. The largest absolute Gasteiger partial charge is 0.393 e.